The van der Waals surface area contributed by atoms with Crippen LogP contribution in [0.2, 0.25) is 0 Å². The van der Waals surface area contributed by atoms with E-state index in [0.717, 1.165) is 3.57 Å². The molecule has 0 aliphatic carbocycles. The Bertz CT molecular complexity index is 204. The van der Waals surface area contributed by atoms with Gasteiger partial charge in [0.15, 0.2) is 0 Å². The van der Waals surface area contributed by atoms with Crippen molar-refractivity contribution < 1.29 is 5.11 Å². The summed E-state index contributed by atoms with van der Waals surface area (Å²) in [6, 6.07) is 5.30. The van der Waals surface area contributed by atoms with Crippen molar-refractivity contribution >= 4 is 35.2 Å². The van der Waals surface area contributed by atoms with Crippen LogP contribution in [0, 0.1) is 3.57 Å². The summed E-state index contributed by atoms with van der Waals surface area (Å²) in [4.78, 5) is 0.651. The first-order valence-corrected chi connectivity index (χ1v) is 3.91. The molecular weight excluding hydrogens is 247 g/mol. The maximum atomic E-state index is 9.02. The van der Waals surface area contributed by atoms with Gasteiger partial charge in [-0.05, 0) is 34.7 Å². The van der Waals surface area contributed by atoms with E-state index in [-0.39, 0.29) is 5.75 Å². The van der Waals surface area contributed by atoms with Crippen LogP contribution in [0.3, 0.4) is 0 Å². The summed E-state index contributed by atoms with van der Waals surface area (Å²) in [5.41, 5.74) is 0. The summed E-state index contributed by atoms with van der Waals surface area (Å²) < 4.78 is 0.968. The summed E-state index contributed by atoms with van der Waals surface area (Å²) >= 11 is 6.17. The number of benzene rings is 1. The van der Waals surface area contributed by atoms with Crippen LogP contribution in [0.4, 0.5) is 0 Å². The van der Waals surface area contributed by atoms with E-state index in [1.165, 1.54) is 0 Å². The van der Waals surface area contributed by atoms with Gasteiger partial charge < -0.3 is 5.11 Å². The van der Waals surface area contributed by atoms with Gasteiger partial charge in [-0.1, -0.05) is 6.07 Å². The van der Waals surface area contributed by atoms with Gasteiger partial charge in [0.2, 0.25) is 0 Å². The fourth-order valence-electron chi connectivity index (χ4n) is 0.504. The molecule has 0 radical (unpaired) electrons. The lowest BCUT2D eigenvalue weighted by Gasteiger charge is -1.96. The largest absolute Gasteiger partial charge is 0.507 e. The molecule has 1 rings (SSSR count). The molecule has 0 spiro atoms. The van der Waals surface area contributed by atoms with Crippen molar-refractivity contribution in [1.82, 2.24) is 0 Å². The Hall–Kier alpha value is 0.1000. The van der Waals surface area contributed by atoms with Gasteiger partial charge in [0, 0.05) is 3.57 Å². The van der Waals surface area contributed by atoms with Crippen LogP contribution in [-0.2, 0) is 0 Å². The molecule has 48 valence electrons. The minimum absolute atomic E-state index is 0.241. The van der Waals surface area contributed by atoms with Crippen molar-refractivity contribution in [1.29, 1.82) is 0 Å². The van der Waals surface area contributed by atoms with E-state index in [1.807, 2.05) is 6.07 Å². The van der Waals surface area contributed by atoms with Gasteiger partial charge in [-0.2, -0.15) is 0 Å². The number of aromatic hydroxyl groups is 1. The van der Waals surface area contributed by atoms with E-state index in [0.29, 0.717) is 4.90 Å². The molecule has 0 heterocycles. The van der Waals surface area contributed by atoms with Gasteiger partial charge in [-0.25, -0.2) is 0 Å². The molecule has 0 aromatic heterocycles. The molecule has 1 nitrogen and oxygen atoms in total. The van der Waals surface area contributed by atoms with E-state index < -0.39 is 0 Å². The molecule has 0 saturated heterocycles. The normalized spacial score (nSPS) is 9.56. The number of hydrogen-bond donors (Lipinski definition) is 2. The first-order chi connectivity index (χ1) is 4.22. The second kappa shape index (κ2) is 2.79. The average Bonchev–Trinajstić information content (AvgIpc) is 1.83. The van der Waals surface area contributed by atoms with Crippen LogP contribution in [0.15, 0.2) is 23.1 Å². The monoisotopic (exact) mass is 252 g/mol. The number of thiol groups is 1. The van der Waals surface area contributed by atoms with Crippen LogP contribution in [-0.4, -0.2) is 5.11 Å². The summed E-state index contributed by atoms with van der Waals surface area (Å²) in [7, 11) is 0. The minimum Gasteiger partial charge on any atom is -0.507 e. The first kappa shape index (κ1) is 7.21. The standard InChI is InChI=1S/C6H5IOS/c7-4-2-1-3-5(8)6(4)9/h1-3,8-9H. The molecule has 0 atom stereocenters. The fourth-order valence-corrected chi connectivity index (χ4v) is 1.14. The Morgan fingerprint density at radius 3 is 2.56 bits per heavy atom. The smallest absolute Gasteiger partial charge is 0.129 e. The second-order valence-electron chi connectivity index (χ2n) is 1.61. The molecule has 3 heteroatoms. The number of hydrogen-bond acceptors (Lipinski definition) is 2. The summed E-state index contributed by atoms with van der Waals surface area (Å²) in [6.45, 7) is 0. The Morgan fingerprint density at radius 1 is 1.44 bits per heavy atom. The van der Waals surface area contributed by atoms with Crippen molar-refractivity contribution in [3.05, 3.63) is 21.8 Å². The summed E-state index contributed by atoms with van der Waals surface area (Å²) in [5, 5.41) is 9.02. The third kappa shape index (κ3) is 1.52. The average molecular weight is 252 g/mol. The molecule has 9 heavy (non-hydrogen) atoms. The van der Waals surface area contributed by atoms with E-state index in [2.05, 4.69) is 35.2 Å². The number of halogens is 1. The number of phenols is 1. The lowest BCUT2D eigenvalue weighted by atomic mass is 10.3. The molecule has 0 saturated carbocycles. The van der Waals surface area contributed by atoms with Crippen molar-refractivity contribution in [2.45, 2.75) is 4.90 Å². The molecule has 1 aromatic rings. The molecule has 0 aliphatic rings. The first-order valence-electron chi connectivity index (χ1n) is 2.38. The highest BCUT2D eigenvalue weighted by molar-refractivity contribution is 14.1. The highest BCUT2D eigenvalue weighted by atomic mass is 127. The quantitative estimate of drug-likeness (QED) is 0.536. The van der Waals surface area contributed by atoms with E-state index in [1.54, 1.807) is 12.1 Å². The van der Waals surface area contributed by atoms with Crippen LogP contribution in [0.1, 0.15) is 0 Å². The molecule has 1 aromatic carbocycles. The van der Waals surface area contributed by atoms with Gasteiger partial charge >= 0.3 is 0 Å². The zero-order valence-electron chi connectivity index (χ0n) is 4.50. The van der Waals surface area contributed by atoms with Gasteiger partial charge in [-0.15, -0.1) is 12.6 Å². The third-order valence-corrected chi connectivity index (χ3v) is 2.76. The summed E-state index contributed by atoms with van der Waals surface area (Å²) in [5.74, 6) is 0.241. The van der Waals surface area contributed by atoms with Crippen molar-refractivity contribution in [3.63, 3.8) is 0 Å². The van der Waals surface area contributed by atoms with Crippen LogP contribution < -0.4 is 0 Å². The van der Waals surface area contributed by atoms with Crippen LogP contribution in [0.5, 0.6) is 5.75 Å². The Balaban J connectivity index is 3.25. The summed E-state index contributed by atoms with van der Waals surface area (Å²) in [6.07, 6.45) is 0. The third-order valence-electron chi connectivity index (χ3n) is 0.965. The maximum absolute atomic E-state index is 9.02. The zero-order valence-corrected chi connectivity index (χ0v) is 7.56. The lowest BCUT2D eigenvalue weighted by molar-refractivity contribution is 0.462. The molecule has 0 amide bonds. The molecule has 0 fully saturated rings. The molecule has 0 aliphatic heterocycles. The molecule has 1 N–H and O–H groups in total. The number of rotatable bonds is 0. The van der Waals surface area contributed by atoms with Crippen molar-refractivity contribution in [2.75, 3.05) is 0 Å². The molecular formula is C6H5IOS. The Kier molecular flexibility index (Phi) is 2.23. The predicted octanol–water partition coefficient (Wildman–Crippen LogP) is 2.29. The van der Waals surface area contributed by atoms with Crippen LogP contribution in [0.25, 0.3) is 0 Å². The highest BCUT2D eigenvalue weighted by Crippen LogP contribution is 2.25. The van der Waals surface area contributed by atoms with Gasteiger partial charge in [-0.3, -0.25) is 0 Å². The molecule has 0 bridgehead atoms. The highest BCUT2D eigenvalue weighted by Gasteiger charge is 1.97. The second-order valence-corrected chi connectivity index (χ2v) is 3.22. The zero-order chi connectivity index (χ0) is 6.85. The van der Waals surface area contributed by atoms with E-state index >= 15 is 0 Å². The lowest BCUT2D eigenvalue weighted by Crippen LogP contribution is -1.73. The molecule has 0 unspecified atom stereocenters. The topological polar surface area (TPSA) is 20.2 Å². The minimum atomic E-state index is 0.241. The SMILES string of the molecule is Oc1cccc(I)c1S. The van der Waals surface area contributed by atoms with Crippen molar-refractivity contribution in [2.24, 2.45) is 0 Å². The maximum Gasteiger partial charge on any atom is 0.129 e. The Morgan fingerprint density at radius 2 is 2.11 bits per heavy atom. The van der Waals surface area contributed by atoms with E-state index in [9.17, 15) is 0 Å². The van der Waals surface area contributed by atoms with Crippen LogP contribution >= 0.6 is 35.2 Å². The van der Waals surface area contributed by atoms with Gasteiger partial charge in [0.05, 0.1) is 4.90 Å². The van der Waals surface area contributed by atoms with Gasteiger partial charge in [0.1, 0.15) is 5.75 Å². The Labute approximate surface area is 72.6 Å². The predicted molar refractivity (Wildman–Crippen MR) is 48.1 cm³/mol. The van der Waals surface area contributed by atoms with E-state index in [4.69, 9.17) is 5.11 Å². The fraction of sp³-hybridized carbons (Fsp3) is 0. The van der Waals surface area contributed by atoms with Gasteiger partial charge in [0.25, 0.3) is 0 Å². The number of phenolic OH excluding ortho intramolecular Hbond substituents is 1. The van der Waals surface area contributed by atoms with Crippen molar-refractivity contribution in [3.8, 4) is 5.75 Å².